The number of hydrogen-bond donors (Lipinski definition) is 1. The quantitative estimate of drug-likeness (QED) is 0.898. The molecular formula is C13H21FN4. The van der Waals surface area contributed by atoms with E-state index in [4.69, 9.17) is 0 Å². The molecule has 2 heterocycles. The minimum atomic E-state index is -0.336. The van der Waals surface area contributed by atoms with Gasteiger partial charge < -0.3 is 10.2 Å². The second-order valence-electron chi connectivity index (χ2n) is 5.08. The molecule has 0 spiro atoms. The molecule has 2 rings (SSSR count). The zero-order valence-electron chi connectivity index (χ0n) is 11.3. The number of nitrogens with one attached hydrogen (secondary N) is 1. The van der Waals surface area contributed by atoms with E-state index in [2.05, 4.69) is 34.0 Å². The van der Waals surface area contributed by atoms with E-state index in [0.29, 0.717) is 23.7 Å². The first-order valence-electron chi connectivity index (χ1n) is 6.64. The lowest BCUT2D eigenvalue weighted by Crippen LogP contribution is -2.42. The standard InChI is InChI=1S/C13H21FN4/c1-4-15-13-16-7-11(14)12(17-13)18-8-9(2)5-6-10(18)3/h7,9-10H,4-6,8H2,1-3H3,(H,15,16,17). The molecule has 0 aromatic carbocycles. The SMILES string of the molecule is CCNc1ncc(F)c(N2CC(C)CCC2C)n1. The van der Waals surface area contributed by atoms with Gasteiger partial charge in [0.2, 0.25) is 5.95 Å². The van der Waals surface area contributed by atoms with Crippen LogP contribution < -0.4 is 10.2 Å². The van der Waals surface area contributed by atoms with Crippen LogP contribution in [-0.4, -0.2) is 29.1 Å². The van der Waals surface area contributed by atoms with Gasteiger partial charge in [-0.05, 0) is 32.6 Å². The summed E-state index contributed by atoms with van der Waals surface area (Å²) >= 11 is 0. The van der Waals surface area contributed by atoms with Crippen LogP contribution >= 0.6 is 0 Å². The van der Waals surface area contributed by atoms with Crippen LogP contribution in [0, 0.1) is 11.7 Å². The van der Waals surface area contributed by atoms with Crippen molar-refractivity contribution in [2.75, 3.05) is 23.3 Å². The maximum absolute atomic E-state index is 13.9. The highest BCUT2D eigenvalue weighted by Gasteiger charge is 2.26. The van der Waals surface area contributed by atoms with E-state index in [0.717, 1.165) is 19.5 Å². The predicted molar refractivity (Wildman–Crippen MR) is 71.4 cm³/mol. The monoisotopic (exact) mass is 252 g/mol. The molecule has 100 valence electrons. The minimum absolute atomic E-state index is 0.333. The van der Waals surface area contributed by atoms with Crippen molar-refractivity contribution in [1.29, 1.82) is 0 Å². The number of halogens is 1. The van der Waals surface area contributed by atoms with Gasteiger partial charge in [0.05, 0.1) is 6.20 Å². The minimum Gasteiger partial charge on any atom is -0.354 e. The molecule has 18 heavy (non-hydrogen) atoms. The summed E-state index contributed by atoms with van der Waals surface area (Å²) in [7, 11) is 0. The smallest absolute Gasteiger partial charge is 0.224 e. The third kappa shape index (κ3) is 2.71. The van der Waals surface area contributed by atoms with Crippen molar-refractivity contribution in [2.45, 2.75) is 39.7 Å². The summed E-state index contributed by atoms with van der Waals surface area (Å²) in [6.07, 6.45) is 3.54. The highest BCUT2D eigenvalue weighted by atomic mass is 19.1. The molecule has 1 aliphatic rings. The Balaban J connectivity index is 2.27. The van der Waals surface area contributed by atoms with Gasteiger partial charge >= 0.3 is 0 Å². The fourth-order valence-corrected chi connectivity index (χ4v) is 2.39. The van der Waals surface area contributed by atoms with Gasteiger partial charge in [0.1, 0.15) is 0 Å². The zero-order chi connectivity index (χ0) is 13.1. The molecule has 0 amide bonds. The van der Waals surface area contributed by atoms with Crippen molar-refractivity contribution in [3.05, 3.63) is 12.0 Å². The molecule has 4 nitrogen and oxygen atoms in total. The molecule has 0 saturated carbocycles. The van der Waals surface area contributed by atoms with Gasteiger partial charge in [-0.3, -0.25) is 0 Å². The average Bonchev–Trinajstić information content (AvgIpc) is 2.35. The highest BCUT2D eigenvalue weighted by Crippen LogP contribution is 2.28. The van der Waals surface area contributed by atoms with Gasteiger partial charge in [-0.1, -0.05) is 6.92 Å². The van der Waals surface area contributed by atoms with Crippen molar-refractivity contribution in [3.63, 3.8) is 0 Å². The Morgan fingerprint density at radius 2 is 2.22 bits per heavy atom. The summed E-state index contributed by atoms with van der Waals surface area (Å²) in [4.78, 5) is 10.3. The Hall–Kier alpha value is -1.39. The molecule has 1 N–H and O–H groups in total. The van der Waals surface area contributed by atoms with Crippen molar-refractivity contribution < 1.29 is 4.39 Å². The Labute approximate surface area is 108 Å². The van der Waals surface area contributed by atoms with Gasteiger partial charge in [0, 0.05) is 19.1 Å². The van der Waals surface area contributed by atoms with E-state index in [-0.39, 0.29) is 5.82 Å². The van der Waals surface area contributed by atoms with E-state index < -0.39 is 0 Å². The molecule has 0 radical (unpaired) electrons. The Kier molecular flexibility index (Phi) is 3.99. The van der Waals surface area contributed by atoms with Crippen LogP contribution in [0.5, 0.6) is 0 Å². The second-order valence-corrected chi connectivity index (χ2v) is 5.08. The summed E-state index contributed by atoms with van der Waals surface area (Å²) in [6.45, 7) is 7.89. The fourth-order valence-electron chi connectivity index (χ4n) is 2.39. The third-order valence-corrected chi connectivity index (χ3v) is 3.45. The summed E-state index contributed by atoms with van der Waals surface area (Å²) in [6, 6.07) is 0.333. The van der Waals surface area contributed by atoms with Gasteiger partial charge in [-0.2, -0.15) is 4.98 Å². The molecule has 2 unspecified atom stereocenters. The number of rotatable bonds is 3. The van der Waals surface area contributed by atoms with Gasteiger partial charge in [0.25, 0.3) is 0 Å². The summed E-state index contributed by atoms with van der Waals surface area (Å²) in [5, 5.41) is 3.02. The first kappa shape index (κ1) is 13.1. The van der Waals surface area contributed by atoms with Gasteiger partial charge in [0.15, 0.2) is 11.6 Å². The van der Waals surface area contributed by atoms with Crippen LogP contribution in [0.4, 0.5) is 16.2 Å². The summed E-state index contributed by atoms with van der Waals surface area (Å²) in [5.74, 6) is 1.18. The van der Waals surface area contributed by atoms with Crippen molar-refractivity contribution >= 4 is 11.8 Å². The molecule has 1 fully saturated rings. The van der Waals surface area contributed by atoms with E-state index in [1.807, 2.05) is 6.92 Å². The average molecular weight is 252 g/mol. The summed E-state index contributed by atoms with van der Waals surface area (Å²) < 4.78 is 13.9. The highest BCUT2D eigenvalue weighted by molar-refractivity contribution is 5.45. The number of piperidine rings is 1. The Morgan fingerprint density at radius 1 is 1.44 bits per heavy atom. The molecular weight excluding hydrogens is 231 g/mol. The number of anilines is 2. The van der Waals surface area contributed by atoms with Crippen molar-refractivity contribution in [1.82, 2.24) is 9.97 Å². The molecule has 1 aliphatic heterocycles. The lowest BCUT2D eigenvalue weighted by molar-refractivity contribution is 0.383. The molecule has 2 atom stereocenters. The maximum atomic E-state index is 13.9. The first-order chi connectivity index (χ1) is 8.61. The molecule has 0 bridgehead atoms. The van der Waals surface area contributed by atoms with Crippen LogP contribution in [0.3, 0.4) is 0 Å². The molecule has 1 saturated heterocycles. The molecule has 1 aromatic heterocycles. The third-order valence-electron chi connectivity index (χ3n) is 3.45. The fraction of sp³-hybridized carbons (Fsp3) is 0.692. The lowest BCUT2D eigenvalue weighted by Gasteiger charge is -2.37. The van der Waals surface area contributed by atoms with E-state index in [1.54, 1.807) is 0 Å². The first-order valence-corrected chi connectivity index (χ1v) is 6.64. The maximum Gasteiger partial charge on any atom is 0.224 e. The number of aromatic nitrogens is 2. The topological polar surface area (TPSA) is 41.1 Å². The van der Waals surface area contributed by atoms with Gasteiger partial charge in [-0.15, -0.1) is 0 Å². The summed E-state index contributed by atoms with van der Waals surface area (Å²) in [5.41, 5.74) is 0. The zero-order valence-corrected chi connectivity index (χ0v) is 11.3. The Bertz CT molecular complexity index is 410. The van der Waals surface area contributed by atoms with Gasteiger partial charge in [-0.25, -0.2) is 9.37 Å². The molecule has 1 aromatic rings. The predicted octanol–water partition coefficient (Wildman–Crippen LogP) is 2.67. The largest absolute Gasteiger partial charge is 0.354 e. The van der Waals surface area contributed by atoms with Crippen LogP contribution in [0.15, 0.2) is 6.20 Å². The molecule has 0 aliphatic carbocycles. The van der Waals surface area contributed by atoms with E-state index >= 15 is 0 Å². The molecule has 5 heteroatoms. The van der Waals surface area contributed by atoms with Crippen LogP contribution in [0.1, 0.15) is 33.6 Å². The van der Waals surface area contributed by atoms with E-state index in [1.165, 1.54) is 12.6 Å². The number of nitrogens with zero attached hydrogens (tertiary/aromatic N) is 3. The Morgan fingerprint density at radius 3 is 2.94 bits per heavy atom. The van der Waals surface area contributed by atoms with Crippen LogP contribution in [0.25, 0.3) is 0 Å². The van der Waals surface area contributed by atoms with Crippen LogP contribution in [0.2, 0.25) is 0 Å². The number of hydrogen-bond acceptors (Lipinski definition) is 4. The second kappa shape index (κ2) is 5.50. The lowest BCUT2D eigenvalue weighted by atomic mass is 9.95. The van der Waals surface area contributed by atoms with Crippen LogP contribution in [-0.2, 0) is 0 Å². The van der Waals surface area contributed by atoms with Crippen molar-refractivity contribution in [2.24, 2.45) is 5.92 Å². The van der Waals surface area contributed by atoms with Crippen molar-refractivity contribution in [3.8, 4) is 0 Å². The van der Waals surface area contributed by atoms with E-state index in [9.17, 15) is 4.39 Å². The normalized spacial score (nSPS) is 24.1.